The molecule has 0 radical (unpaired) electrons. The smallest absolute Gasteiger partial charge is 0.226 e. The minimum atomic E-state index is 0. The first-order valence-corrected chi connectivity index (χ1v) is 9.10. The summed E-state index contributed by atoms with van der Waals surface area (Å²) in [5, 5.41) is 0. The topological polar surface area (TPSA) is 20.3 Å². The van der Waals surface area contributed by atoms with Crippen LogP contribution in [0.15, 0.2) is 24.3 Å². The van der Waals surface area contributed by atoms with Crippen molar-refractivity contribution in [2.24, 2.45) is 5.92 Å². The zero-order chi connectivity index (χ0) is 15.4. The van der Waals surface area contributed by atoms with Crippen LogP contribution in [0, 0.1) is 12.8 Å². The van der Waals surface area contributed by atoms with Crippen LogP contribution in [0.3, 0.4) is 0 Å². The Bertz CT molecular complexity index is 485. The second-order valence-electron chi connectivity index (χ2n) is 7.21. The molecule has 1 aliphatic carbocycles. The Kier molecular flexibility index (Phi) is 8.52. The molecule has 1 saturated carbocycles. The van der Waals surface area contributed by atoms with Gasteiger partial charge in [-0.2, -0.15) is 0 Å². The lowest BCUT2D eigenvalue weighted by atomic mass is 9.95. The Hall–Kier alpha value is -1.31. The van der Waals surface area contributed by atoms with Crippen LogP contribution < -0.4 is 0 Å². The first-order valence-electron chi connectivity index (χ1n) is 9.10. The van der Waals surface area contributed by atoms with Crippen LogP contribution in [0.5, 0.6) is 0 Å². The molecule has 1 saturated heterocycles. The molecule has 1 atom stereocenters. The lowest BCUT2D eigenvalue weighted by Crippen LogP contribution is -2.38. The molecule has 3 rings (SSSR count). The van der Waals surface area contributed by atoms with Gasteiger partial charge in [0.2, 0.25) is 5.91 Å². The molecular weight excluding hydrogens is 294 g/mol. The first kappa shape index (κ1) is 20.7. The van der Waals surface area contributed by atoms with Crippen LogP contribution >= 0.6 is 0 Å². The summed E-state index contributed by atoms with van der Waals surface area (Å²) < 4.78 is 0. The lowest BCUT2D eigenvalue weighted by Gasteiger charge is -2.30. The minimum Gasteiger partial charge on any atom is -0.339 e. The number of likely N-dealkylation sites (tertiary alicyclic amines) is 1. The quantitative estimate of drug-likeness (QED) is 0.688. The first-order chi connectivity index (χ1) is 10.7. The van der Waals surface area contributed by atoms with E-state index in [4.69, 9.17) is 0 Å². The number of amides is 1. The number of hydrogen-bond donors (Lipinski definition) is 0. The van der Waals surface area contributed by atoms with Crippen molar-refractivity contribution in [2.75, 3.05) is 6.54 Å². The van der Waals surface area contributed by atoms with Crippen molar-refractivity contribution in [3.63, 3.8) is 0 Å². The van der Waals surface area contributed by atoms with Crippen LogP contribution in [0.2, 0.25) is 0 Å². The normalized spacial score (nSPS) is 22.3. The Balaban J connectivity index is 0.00000144. The van der Waals surface area contributed by atoms with E-state index in [1.807, 2.05) is 0 Å². The molecule has 2 fully saturated rings. The molecule has 1 aromatic carbocycles. The van der Waals surface area contributed by atoms with E-state index in [9.17, 15) is 4.79 Å². The van der Waals surface area contributed by atoms with E-state index < -0.39 is 0 Å². The van der Waals surface area contributed by atoms with E-state index >= 15 is 0 Å². The molecular formula is C22H37NO. The van der Waals surface area contributed by atoms with Crippen LogP contribution in [-0.4, -0.2) is 23.4 Å². The molecule has 1 heterocycles. The van der Waals surface area contributed by atoms with Crippen molar-refractivity contribution in [3.8, 4) is 0 Å². The van der Waals surface area contributed by atoms with Gasteiger partial charge in [-0.25, -0.2) is 0 Å². The average Bonchev–Trinajstić information content (AvgIpc) is 2.83. The third-order valence-corrected chi connectivity index (χ3v) is 5.47. The molecule has 1 unspecified atom stereocenters. The number of carbonyl (C=O) groups is 1. The fourth-order valence-corrected chi connectivity index (χ4v) is 4.07. The van der Waals surface area contributed by atoms with Crippen molar-refractivity contribution in [1.82, 2.24) is 4.90 Å². The number of carbonyl (C=O) groups excluding carboxylic acids is 1. The highest BCUT2D eigenvalue weighted by molar-refractivity contribution is 5.81. The van der Waals surface area contributed by atoms with E-state index in [0.717, 1.165) is 19.4 Å². The van der Waals surface area contributed by atoms with Crippen molar-refractivity contribution < 1.29 is 4.79 Å². The van der Waals surface area contributed by atoms with Crippen LogP contribution in [0.4, 0.5) is 0 Å². The monoisotopic (exact) mass is 331 g/mol. The molecule has 0 aromatic heterocycles. The zero-order valence-corrected chi connectivity index (χ0v) is 13.9. The van der Waals surface area contributed by atoms with Gasteiger partial charge >= 0.3 is 0 Å². The maximum absolute atomic E-state index is 12.8. The Morgan fingerprint density at radius 2 is 1.50 bits per heavy atom. The van der Waals surface area contributed by atoms with Gasteiger partial charge in [-0.05, 0) is 38.2 Å². The zero-order valence-electron chi connectivity index (χ0n) is 13.9. The molecule has 0 N–H and O–H groups in total. The summed E-state index contributed by atoms with van der Waals surface area (Å²) in [5.41, 5.74) is 2.60. The van der Waals surface area contributed by atoms with Gasteiger partial charge in [0.1, 0.15) is 0 Å². The van der Waals surface area contributed by atoms with E-state index in [-0.39, 0.29) is 20.8 Å². The van der Waals surface area contributed by atoms with Gasteiger partial charge in [0.05, 0.1) is 0 Å². The van der Waals surface area contributed by atoms with Crippen LogP contribution in [0.25, 0.3) is 0 Å². The number of hydrogen-bond acceptors (Lipinski definition) is 1. The summed E-state index contributed by atoms with van der Waals surface area (Å²) in [5.74, 6) is 0.638. The fraction of sp³-hybridized carbons (Fsp3) is 0.682. The van der Waals surface area contributed by atoms with E-state index in [1.165, 1.54) is 56.1 Å². The Morgan fingerprint density at radius 1 is 0.917 bits per heavy atom. The highest BCUT2D eigenvalue weighted by Crippen LogP contribution is 2.29. The van der Waals surface area contributed by atoms with Gasteiger partial charge in [-0.1, -0.05) is 76.8 Å². The second kappa shape index (κ2) is 9.86. The molecule has 136 valence electrons. The standard InChI is InChI=1S/C20H29NO.2CH4/c1-16-9-11-17(12-10-16)15-18-13-14-21(20(18)22)19-7-5-3-2-4-6-8-19;;/h9-12,18-19H,2-8,13-15H2,1H3;2*1H4. The highest BCUT2D eigenvalue weighted by atomic mass is 16.2. The summed E-state index contributed by atoms with van der Waals surface area (Å²) in [4.78, 5) is 15.0. The number of benzene rings is 1. The van der Waals surface area contributed by atoms with Gasteiger partial charge in [-0.3, -0.25) is 4.79 Å². The molecule has 0 bridgehead atoms. The van der Waals surface area contributed by atoms with E-state index in [2.05, 4.69) is 36.1 Å². The highest BCUT2D eigenvalue weighted by Gasteiger charge is 2.35. The molecule has 2 aliphatic rings. The summed E-state index contributed by atoms with van der Waals surface area (Å²) in [7, 11) is 0. The molecule has 1 aliphatic heterocycles. The second-order valence-corrected chi connectivity index (χ2v) is 7.21. The maximum Gasteiger partial charge on any atom is 0.226 e. The molecule has 2 heteroatoms. The number of rotatable bonds is 3. The summed E-state index contributed by atoms with van der Waals surface area (Å²) in [6, 6.07) is 9.20. The van der Waals surface area contributed by atoms with Gasteiger partial charge in [-0.15, -0.1) is 0 Å². The Morgan fingerprint density at radius 3 is 2.12 bits per heavy atom. The predicted octanol–water partition coefficient (Wildman–Crippen LogP) is 5.77. The van der Waals surface area contributed by atoms with E-state index in [0.29, 0.717) is 11.9 Å². The van der Waals surface area contributed by atoms with Gasteiger partial charge in [0.25, 0.3) is 0 Å². The van der Waals surface area contributed by atoms with Gasteiger partial charge in [0.15, 0.2) is 0 Å². The SMILES string of the molecule is C.C.Cc1ccc(CC2CCN(C3CCCCCCC3)C2=O)cc1. The average molecular weight is 332 g/mol. The number of nitrogens with zero attached hydrogens (tertiary/aromatic N) is 1. The van der Waals surface area contributed by atoms with Crippen molar-refractivity contribution in [2.45, 2.75) is 85.6 Å². The van der Waals surface area contributed by atoms with Crippen molar-refractivity contribution in [3.05, 3.63) is 35.4 Å². The third kappa shape index (κ3) is 5.09. The van der Waals surface area contributed by atoms with Crippen molar-refractivity contribution in [1.29, 1.82) is 0 Å². The fourth-order valence-electron chi connectivity index (χ4n) is 4.07. The summed E-state index contributed by atoms with van der Waals surface area (Å²) in [6.45, 7) is 3.10. The van der Waals surface area contributed by atoms with E-state index in [1.54, 1.807) is 0 Å². The maximum atomic E-state index is 12.8. The molecule has 0 spiro atoms. The van der Waals surface area contributed by atoms with Crippen LogP contribution in [-0.2, 0) is 11.2 Å². The predicted molar refractivity (Wildman–Crippen MR) is 104 cm³/mol. The van der Waals surface area contributed by atoms with Gasteiger partial charge in [0, 0.05) is 18.5 Å². The number of aryl methyl sites for hydroxylation is 1. The van der Waals surface area contributed by atoms with Gasteiger partial charge < -0.3 is 4.90 Å². The summed E-state index contributed by atoms with van der Waals surface area (Å²) in [6.07, 6.45) is 11.1. The van der Waals surface area contributed by atoms with Crippen molar-refractivity contribution >= 4 is 5.91 Å². The lowest BCUT2D eigenvalue weighted by molar-refractivity contribution is -0.133. The third-order valence-electron chi connectivity index (χ3n) is 5.47. The molecule has 1 amide bonds. The Labute approximate surface area is 149 Å². The minimum absolute atomic E-state index is 0. The van der Waals surface area contributed by atoms with Crippen LogP contribution in [0.1, 0.15) is 77.3 Å². The molecule has 24 heavy (non-hydrogen) atoms. The molecule has 2 nitrogen and oxygen atoms in total. The summed E-state index contributed by atoms with van der Waals surface area (Å²) >= 11 is 0. The largest absolute Gasteiger partial charge is 0.339 e. The molecule has 1 aromatic rings.